The molecule has 70 heavy (non-hydrogen) atoms. The molecule has 8 rings (SSSR count). The minimum atomic E-state index is -3.11. The average Bonchev–Trinajstić information content (AvgIpc) is 3.73. The number of nitrogens with zero attached hydrogens (tertiary/aromatic N) is 10. The van der Waals surface area contributed by atoms with Crippen molar-refractivity contribution in [3.8, 4) is 0 Å². The highest BCUT2D eigenvalue weighted by molar-refractivity contribution is 5.89. The van der Waals surface area contributed by atoms with Gasteiger partial charge in [0.25, 0.3) is 11.8 Å². The number of carbonyl (C=O) groups is 4. The molecule has 376 valence electrons. The molecule has 8 heterocycles. The van der Waals surface area contributed by atoms with Crippen molar-refractivity contribution in [1.82, 2.24) is 39.7 Å². The molecule has 2 N–H and O–H groups in total. The maximum Gasteiger partial charge on any atom is 0.410 e. The number of rotatable bonds is 6. The van der Waals surface area contributed by atoms with Gasteiger partial charge in [0.15, 0.2) is 0 Å². The van der Waals surface area contributed by atoms with Crippen LogP contribution < -0.4 is 20.4 Å². The van der Waals surface area contributed by atoms with Gasteiger partial charge in [-0.2, -0.15) is 17.6 Å². The monoisotopic (exact) mass is 976 g/mol. The number of aromatic nitrogens is 6. The Morgan fingerprint density at radius 3 is 1.21 bits per heavy atom. The van der Waals surface area contributed by atoms with E-state index in [9.17, 15) is 36.7 Å². The summed E-state index contributed by atoms with van der Waals surface area (Å²) in [6.45, 7) is 18.1. The maximum atomic E-state index is 14.0. The molecule has 2 spiro atoms. The zero-order valence-corrected chi connectivity index (χ0v) is 41.1. The van der Waals surface area contributed by atoms with Gasteiger partial charge in [0.1, 0.15) is 34.2 Å². The number of carbonyl (C=O) groups excluding carboxylic acids is 4. The quantitative estimate of drug-likeness (QED) is 0.174. The zero-order chi connectivity index (χ0) is 51.2. The van der Waals surface area contributed by atoms with Gasteiger partial charge in [0.2, 0.25) is 23.7 Å². The molecule has 18 nitrogen and oxygen atoms in total. The van der Waals surface area contributed by atoms with E-state index < -0.39 is 23.0 Å². The molecule has 2 fully saturated rings. The predicted octanol–water partition coefficient (Wildman–Crippen LogP) is 8.72. The van der Waals surface area contributed by atoms with Gasteiger partial charge in [0.05, 0.1) is 11.4 Å². The Hall–Kier alpha value is -6.74. The van der Waals surface area contributed by atoms with Crippen LogP contribution in [0.25, 0.3) is 0 Å². The Morgan fingerprint density at radius 1 is 0.571 bits per heavy atom. The second kappa shape index (κ2) is 18.9. The number of amides is 4. The van der Waals surface area contributed by atoms with E-state index in [0.717, 1.165) is 25.0 Å². The molecule has 0 bridgehead atoms. The van der Waals surface area contributed by atoms with Gasteiger partial charge in [-0.25, -0.2) is 39.5 Å². The molecule has 0 aliphatic carbocycles. The van der Waals surface area contributed by atoms with Crippen LogP contribution in [0.3, 0.4) is 0 Å². The van der Waals surface area contributed by atoms with E-state index >= 15 is 0 Å². The van der Waals surface area contributed by atoms with Crippen LogP contribution in [-0.2, 0) is 41.7 Å². The highest BCUT2D eigenvalue weighted by Crippen LogP contribution is 2.51. The van der Waals surface area contributed by atoms with Crippen LogP contribution in [0.2, 0.25) is 0 Å². The van der Waals surface area contributed by atoms with E-state index in [1.165, 1.54) is 38.4 Å². The highest BCUT2D eigenvalue weighted by Gasteiger charge is 2.49. The van der Waals surface area contributed by atoms with Gasteiger partial charge in [-0.15, -0.1) is 0 Å². The molecule has 4 aromatic heterocycles. The molecule has 4 amide bonds. The van der Waals surface area contributed by atoms with Gasteiger partial charge in [0, 0.05) is 126 Å². The smallest absolute Gasteiger partial charge is 0.410 e. The van der Waals surface area contributed by atoms with E-state index in [1.54, 1.807) is 44.1 Å². The van der Waals surface area contributed by atoms with Crippen molar-refractivity contribution in [3.05, 3.63) is 71.6 Å². The standard InChI is InChI=1S/2C24H30F2N6O3/c2*1-15(33)29-19-12-17-16(13-28-19)24(7-10-31(11-8-24)21(34)35-22(2,3)4)14-32(17)20-27-9-6-18(30-20)23(5,25)26/h2*6,9,12-13H,7-8,10-11,14H2,1-5H3,(H,28,29,33). The second-order valence-corrected chi connectivity index (χ2v) is 20.5. The van der Waals surface area contributed by atoms with E-state index in [4.69, 9.17) is 9.47 Å². The molecule has 2 saturated heterocycles. The minimum Gasteiger partial charge on any atom is -0.444 e. The zero-order valence-electron chi connectivity index (χ0n) is 41.1. The van der Waals surface area contributed by atoms with Crippen LogP contribution in [0.5, 0.6) is 0 Å². The number of hydrogen-bond acceptors (Lipinski definition) is 14. The predicted molar refractivity (Wildman–Crippen MR) is 252 cm³/mol. The molecule has 4 aliphatic rings. The number of likely N-dealkylation sites (tertiary alicyclic amines) is 2. The number of pyridine rings is 2. The number of piperidine rings is 2. The van der Waals surface area contributed by atoms with Gasteiger partial charge in [-0.1, -0.05) is 0 Å². The van der Waals surface area contributed by atoms with Crippen molar-refractivity contribution in [2.24, 2.45) is 0 Å². The number of hydrogen-bond donors (Lipinski definition) is 2. The van der Waals surface area contributed by atoms with Crippen LogP contribution in [-0.4, -0.2) is 114 Å². The summed E-state index contributed by atoms with van der Waals surface area (Å²) >= 11 is 0. The van der Waals surface area contributed by atoms with Crippen molar-refractivity contribution < 1.29 is 46.2 Å². The first kappa shape index (κ1) is 51.1. The summed E-state index contributed by atoms with van der Waals surface area (Å²) in [6.07, 6.45) is 7.85. The molecule has 0 unspecified atom stereocenters. The fourth-order valence-corrected chi connectivity index (χ4v) is 9.14. The molecule has 0 radical (unpaired) electrons. The van der Waals surface area contributed by atoms with Crippen LogP contribution >= 0.6 is 0 Å². The van der Waals surface area contributed by atoms with Crippen molar-refractivity contribution in [1.29, 1.82) is 0 Å². The van der Waals surface area contributed by atoms with E-state index in [1.807, 2.05) is 41.5 Å². The topological polar surface area (TPSA) is 201 Å². The lowest BCUT2D eigenvalue weighted by Crippen LogP contribution is -2.48. The molecule has 22 heteroatoms. The Bertz CT molecular complexity index is 2450. The highest BCUT2D eigenvalue weighted by atomic mass is 19.3. The van der Waals surface area contributed by atoms with Crippen LogP contribution in [0, 0.1) is 0 Å². The van der Waals surface area contributed by atoms with Crippen molar-refractivity contribution in [3.63, 3.8) is 0 Å². The van der Waals surface area contributed by atoms with Gasteiger partial charge in [-0.05, 0) is 79.4 Å². The maximum absolute atomic E-state index is 14.0. The fourth-order valence-electron chi connectivity index (χ4n) is 9.14. The first-order chi connectivity index (χ1) is 32.5. The molecule has 4 aromatic rings. The summed E-state index contributed by atoms with van der Waals surface area (Å²) in [7, 11) is 0. The Kier molecular flexibility index (Phi) is 13.8. The Balaban J connectivity index is 0.000000206. The second-order valence-electron chi connectivity index (χ2n) is 20.5. The third-order valence-electron chi connectivity index (χ3n) is 12.4. The van der Waals surface area contributed by atoms with Crippen LogP contribution in [0.15, 0.2) is 49.1 Å². The Morgan fingerprint density at radius 2 is 0.914 bits per heavy atom. The third-order valence-corrected chi connectivity index (χ3v) is 12.4. The number of alkyl halides is 4. The normalized spacial score (nSPS) is 17.3. The number of anilines is 6. The number of halogens is 4. The summed E-state index contributed by atoms with van der Waals surface area (Å²) in [5, 5.41) is 5.34. The average molecular weight is 977 g/mol. The summed E-state index contributed by atoms with van der Waals surface area (Å²) in [5.41, 5.74) is 0.528. The number of ether oxygens (including phenoxy) is 2. The lowest BCUT2D eigenvalue weighted by atomic mass is 9.75. The number of fused-ring (bicyclic) bond motifs is 4. The van der Waals surface area contributed by atoms with Gasteiger partial charge < -0.3 is 39.7 Å². The molecule has 0 aromatic carbocycles. The van der Waals surface area contributed by atoms with E-state index in [2.05, 4.69) is 40.5 Å². The molecule has 0 saturated carbocycles. The lowest BCUT2D eigenvalue weighted by molar-refractivity contribution is -0.115. The lowest BCUT2D eigenvalue weighted by Gasteiger charge is -2.40. The van der Waals surface area contributed by atoms with Crippen molar-refractivity contribution >= 4 is 58.9 Å². The van der Waals surface area contributed by atoms with Crippen molar-refractivity contribution in [2.45, 2.75) is 129 Å². The van der Waals surface area contributed by atoms with Gasteiger partial charge >= 0.3 is 12.2 Å². The summed E-state index contributed by atoms with van der Waals surface area (Å²) in [4.78, 5) is 81.0. The van der Waals surface area contributed by atoms with E-state index in [-0.39, 0.29) is 58.1 Å². The van der Waals surface area contributed by atoms with Crippen LogP contribution in [0.1, 0.15) is 117 Å². The molecular formula is C48H60F4N12O6. The summed E-state index contributed by atoms with van der Waals surface area (Å²) in [6, 6.07) is 5.83. The first-order valence-corrected chi connectivity index (χ1v) is 23.0. The summed E-state index contributed by atoms with van der Waals surface area (Å²) in [5.74, 6) is -5.78. The third kappa shape index (κ3) is 11.5. The van der Waals surface area contributed by atoms with Crippen LogP contribution in [0.4, 0.5) is 62.1 Å². The van der Waals surface area contributed by atoms with E-state index in [0.29, 0.717) is 88.0 Å². The minimum absolute atomic E-state index is 0.150. The van der Waals surface area contributed by atoms with Gasteiger partial charge in [-0.3, -0.25) is 9.59 Å². The largest absolute Gasteiger partial charge is 0.444 e. The molecule has 4 aliphatic heterocycles. The number of nitrogens with one attached hydrogen (secondary N) is 2. The summed E-state index contributed by atoms with van der Waals surface area (Å²) < 4.78 is 67.0. The molecular weight excluding hydrogens is 917 g/mol. The first-order valence-electron chi connectivity index (χ1n) is 23.0. The SMILES string of the molecule is CC(=O)Nc1cc2c(cn1)C1(CCN(C(=O)OC(C)(C)C)CC1)CN2c1nccc(C(C)(F)F)n1.CC(=O)Nc1cc2c(cn1)C1(CCN(C(=O)OC(C)(C)C)CC1)CN2c1nccc(C(C)(F)F)n1. The van der Waals surface area contributed by atoms with Crippen molar-refractivity contribution in [2.75, 3.05) is 59.7 Å². The Labute approximate surface area is 404 Å². The fraction of sp³-hybridized carbons (Fsp3) is 0.542. The molecule has 0 atom stereocenters.